The second kappa shape index (κ2) is 6.61. The van der Waals surface area contributed by atoms with Gasteiger partial charge in [-0.1, -0.05) is 12.1 Å². The zero-order chi connectivity index (χ0) is 19.1. The molecule has 1 aromatic carbocycles. The number of ether oxygens (including phenoxy) is 2. The number of halogens is 3. The minimum absolute atomic E-state index is 0.0943. The Kier molecular flexibility index (Phi) is 4.77. The minimum Gasteiger partial charge on any atom is -0.444 e. The average molecular weight is 369 g/mol. The van der Waals surface area contributed by atoms with Gasteiger partial charge in [-0.2, -0.15) is 13.2 Å². The standard InChI is InChI=1S/C19H22F3NO3/c1-18(2,3)26-17(24)23-11-13-10-14(19(20,21)22)4-5-15(13)16(23)12-6-8-25-9-7-12/h4-6,10,16H,7-9,11H2,1-3H3. The van der Waals surface area contributed by atoms with E-state index in [1.807, 2.05) is 6.08 Å². The first-order valence-electron chi connectivity index (χ1n) is 8.52. The number of amides is 1. The maximum Gasteiger partial charge on any atom is 0.416 e. The maximum atomic E-state index is 13.1. The van der Waals surface area contributed by atoms with E-state index < -0.39 is 29.5 Å². The van der Waals surface area contributed by atoms with Crippen LogP contribution in [-0.4, -0.2) is 29.8 Å². The number of alkyl halides is 3. The van der Waals surface area contributed by atoms with Crippen molar-refractivity contribution in [2.45, 2.75) is 51.6 Å². The van der Waals surface area contributed by atoms with Crippen molar-refractivity contribution in [3.8, 4) is 0 Å². The number of carbonyl (C=O) groups is 1. The summed E-state index contributed by atoms with van der Waals surface area (Å²) in [6.07, 6.45) is -2.41. The first-order valence-corrected chi connectivity index (χ1v) is 8.52. The highest BCUT2D eigenvalue weighted by atomic mass is 19.4. The van der Waals surface area contributed by atoms with Gasteiger partial charge in [0.1, 0.15) is 5.60 Å². The van der Waals surface area contributed by atoms with Crippen molar-refractivity contribution in [2.24, 2.45) is 0 Å². The van der Waals surface area contributed by atoms with Crippen molar-refractivity contribution < 1.29 is 27.4 Å². The van der Waals surface area contributed by atoms with Crippen LogP contribution in [0.5, 0.6) is 0 Å². The fraction of sp³-hybridized carbons (Fsp3) is 0.526. The monoisotopic (exact) mass is 369 g/mol. The molecule has 0 saturated heterocycles. The first kappa shape index (κ1) is 18.8. The van der Waals surface area contributed by atoms with Crippen molar-refractivity contribution >= 4 is 6.09 Å². The predicted octanol–water partition coefficient (Wildman–Crippen LogP) is 4.84. The Labute approximate surface area is 150 Å². The van der Waals surface area contributed by atoms with Gasteiger partial charge in [-0.3, -0.25) is 4.90 Å². The number of carbonyl (C=O) groups excluding carboxylic acids is 1. The largest absolute Gasteiger partial charge is 0.444 e. The SMILES string of the molecule is CC(C)(C)OC(=O)N1Cc2cc(C(F)(F)F)ccc2C1C1=CCOCC1. The Morgan fingerprint density at radius 1 is 1.27 bits per heavy atom. The third-order valence-corrected chi connectivity index (χ3v) is 4.39. The Hall–Kier alpha value is -2.02. The highest BCUT2D eigenvalue weighted by Gasteiger charge is 2.40. The summed E-state index contributed by atoms with van der Waals surface area (Å²) in [5.41, 5.74) is 0.806. The third kappa shape index (κ3) is 3.87. The van der Waals surface area contributed by atoms with E-state index >= 15 is 0 Å². The molecule has 0 saturated carbocycles. The molecule has 0 radical (unpaired) electrons. The van der Waals surface area contributed by atoms with Gasteiger partial charge in [-0.15, -0.1) is 0 Å². The smallest absolute Gasteiger partial charge is 0.416 e. The van der Waals surface area contributed by atoms with Crippen LogP contribution < -0.4 is 0 Å². The molecule has 1 unspecified atom stereocenters. The molecule has 26 heavy (non-hydrogen) atoms. The van der Waals surface area contributed by atoms with Crippen LogP contribution in [0.25, 0.3) is 0 Å². The molecule has 0 aromatic heterocycles. The van der Waals surface area contributed by atoms with E-state index in [1.54, 1.807) is 20.8 Å². The summed E-state index contributed by atoms with van der Waals surface area (Å²) in [4.78, 5) is 14.2. The molecule has 142 valence electrons. The lowest BCUT2D eigenvalue weighted by Gasteiger charge is -2.31. The number of hydrogen-bond donors (Lipinski definition) is 0. The molecule has 0 N–H and O–H groups in total. The molecule has 2 aliphatic rings. The zero-order valence-corrected chi connectivity index (χ0v) is 15.0. The minimum atomic E-state index is -4.41. The molecule has 7 heteroatoms. The predicted molar refractivity (Wildman–Crippen MR) is 89.5 cm³/mol. The van der Waals surface area contributed by atoms with Crippen molar-refractivity contribution in [2.75, 3.05) is 13.2 Å². The molecule has 1 aromatic rings. The van der Waals surface area contributed by atoms with Crippen LogP contribution in [0.4, 0.5) is 18.0 Å². The molecule has 1 atom stereocenters. The van der Waals surface area contributed by atoms with Gasteiger partial charge in [0.2, 0.25) is 0 Å². The van der Waals surface area contributed by atoms with Crippen LogP contribution in [0.15, 0.2) is 29.8 Å². The summed E-state index contributed by atoms with van der Waals surface area (Å²) in [7, 11) is 0. The molecular formula is C19H22F3NO3. The summed E-state index contributed by atoms with van der Waals surface area (Å²) in [5, 5.41) is 0. The fourth-order valence-electron chi connectivity index (χ4n) is 3.31. The van der Waals surface area contributed by atoms with Crippen LogP contribution in [0.3, 0.4) is 0 Å². The maximum absolute atomic E-state index is 13.1. The summed E-state index contributed by atoms with van der Waals surface area (Å²) in [6.45, 7) is 6.34. The number of hydrogen-bond acceptors (Lipinski definition) is 3. The number of fused-ring (bicyclic) bond motifs is 1. The van der Waals surface area contributed by atoms with Gasteiger partial charge < -0.3 is 9.47 Å². The molecule has 0 aliphatic carbocycles. The van der Waals surface area contributed by atoms with Crippen LogP contribution in [-0.2, 0) is 22.2 Å². The topological polar surface area (TPSA) is 38.8 Å². The van der Waals surface area contributed by atoms with Crippen molar-refractivity contribution in [1.29, 1.82) is 0 Å². The van der Waals surface area contributed by atoms with E-state index in [0.717, 1.165) is 23.3 Å². The molecule has 0 fully saturated rings. The van der Waals surface area contributed by atoms with Crippen molar-refractivity contribution in [1.82, 2.24) is 4.90 Å². The van der Waals surface area contributed by atoms with Crippen LogP contribution in [0, 0.1) is 0 Å². The molecule has 2 heterocycles. The molecule has 2 aliphatic heterocycles. The normalized spacial score (nSPS) is 20.6. The van der Waals surface area contributed by atoms with Gasteiger partial charge >= 0.3 is 12.3 Å². The van der Waals surface area contributed by atoms with Gasteiger partial charge in [-0.05, 0) is 56.0 Å². The van der Waals surface area contributed by atoms with Gasteiger partial charge in [-0.25, -0.2) is 4.79 Å². The lowest BCUT2D eigenvalue weighted by atomic mass is 9.94. The summed E-state index contributed by atoms with van der Waals surface area (Å²) < 4.78 is 50.0. The third-order valence-electron chi connectivity index (χ3n) is 4.39. The van der Waals surface area contributed by atoms with Crippen molar-refractivity contribution in [3.63, 3.8) is 0 Å². The molecule has 4 nitrogen and oxygen atoms in total. The Morgan fingerprint density at radius 3 is 2.58 bits per heavy atom. The van der Waals surface area contributed by atoms with E-state index in [-0.39, 0.29) is 6.54 Å². The van der Waals surface area contributed by atoms with Crippen LogP contribution in [0.2, 0.25) is 0 Å². The second-order valence-corrected chi connectivity index (χ2v) is 7.53. The van der Waals surface area contributed by atoms with Gasteiger partial charge in [0, 0.05) is 0 Å². The average Bonchev–Trinajstić information content (AvgIpc) is 2.92. The Balaban J connectivity index is 1.99. The highest BCUT2D eigenvalue weighted by molar-refractivity contribution is 5.71. The number of rotatable bonds is 1. The molecule has 0 spiro atoms. The second-order valence-electron chi connectivity index (χ2n) is 7.53. The van der Waals surface area contributed by atoms with Gasteiger partial charge in [0.05, 0.1) is 31.4 Å². The van der Waals surface area contributed by atoms with E-state index in [0.29, 0.717) is 25.2 Å². The van der Waals surface area contributed by atoms with Crippen LogP contribution >= 0.6 is 0 Å². The highest BCUT2D eigenvalue weighted by Crippen LogP contribution is 2.43. The lowest BCUT2D eigenvalue weighted by molar-refractivity contribution is -0.137. The van der Waals surface area contributed by atoms with E-state index in [9.17, 15) is 18.0 Å². The van der Waals surface area contributed by atoms with E-state index in [1.165, 1.54) is 11.0 Å². The fourth-order valence-corrected chi connectivity index (χ4v) is 3.31. The molecular weight excluding hydrogens is 347 g/mol. The Bertz CT molecular complexity index is 735. The summed E-state index contributed by atoms with van der Waals surface area (Å²) in [5.74, 6) is 0. The van der Waals surface area contributed by atoms with Crippen molar-refractivity contribution in [3.05, 3.63) is 46.5 Å². The van der Waals surface area contributed by atoms with Gasteiger partial charge in [0.15, 0.2) is 0 Å². The molecule has 0 bridgehead atoms. The van der Waals surface area contributed by atoms with E-state index in [2.05, 4.69) is 0 Å². The first-order chi connectivity index (χ1) is 12.1. The number of benzene rings is 1. The lowest BCUT2D eigenvalue weighted by Crippen LogP contribution is -2.36. The van der Waals surface area contributed by atoms with Crippen LogP contribution in [0.1, 0.15) is 49.9 Å². The molecule has 3 rings (SSSR count). The molecule has 1 amide bonds. The summed E-state index contributed by atoms with van der Waals surface area (Å²) in [6, 6.07) is 3.27. The zero-order valence-electron chi connectivity index (χ0n) is 15.0. The Morgan fingerprint density at radius 2 is 2.00 bits per heavy atom. The van der Waals surface area contributed by atoms with E-state index in [4.69, 9.17) is 9.47 Å². The quantitative estimate of drug-likeness (QED) is 0.665. The number of nitrogens with zero attached hydrogens (tertiary/aromatic N) is 1. The van der Waals surface area contributed by atoms with Gasteiger partial charge in [0.25, 0.3) is 0 Å². The summed E-state index contributed by atoms with van der Waals surface area (Å²) >= 11 is 0.